The van der Waals surface area contributed by atoms with Gasteiger partial charge >= 0.3 is 6.18 Å². The van der Waals surface area contributed by atoms with Gasteiger partial charge in [-0.3, -0.25) is 9.52 Å². The van der Waals surface area contributed by atoms with Crippen molar-refractivity contribution in [1.82, 2.24) is 15.0 Å². The van der Waals surface area contributed by atoms with Crippen molar-refractivity contribution in [2.24, 2.45) is 7.05 Å². The Balaban J connectivity index is 2.49. The van der Waals surface area contributed by atoms with Crippen LogP contribution in [0.4, 0.5) is 18.9 Å². The van der Waals surface area contributed by atoms with Gasteiger partial charge in [-0.25, -0.2) is 4.68 Å². The second kappa shape index (κ2) is 5.65. The minimum Gasteiger partial charge on any atom is -0.284 e. The summed E-state index contributed by atoms with van der Waals surface area (Å²) in [6.45, 7) is 1.48. The topological polar surface area (TPSA) is 93.9 Å². The molecule has 0 fully saturated rings. The Morgan fingerprint density at radius 3 is 2.48 bits per heavy atom. The molecule has 0 amide bonds. The third-order valence-electron chi connectivity index (χ3n) is 2.87. The number of nitrogens with zero attached hydrogens (tertiary/aromatic N) is 3. The zero-order valence-electron chi connectivity index (χ0n) is 11.9. The quantitative estimate of drug-likeness (QED) is 0.848. The largest absolute Gasteiger partial charge is 0.454 e. The lowest BCUT2D eigenvalue weighted by atomic mass is 10.1. The SMILES string of the molecule is Cc1ccc(NS(=O)(=O)c2cnnn2C)c(C(=O)C(F)(F)F)c1. The van der Waals surface area contributed by atoms with Crippen molar-refractivity contribution >= 4 is 21.5 Å². The number of nitrogens with one attached hydrogen (secondary N) is 1. The van der Waals surface area contributed by atoms with Crippen LogP contribution in [-0.4, -0.2) is 35.4 Å². The average Bonchev–Trinajstić information content (AvgIpc) is 2.86. The molecule has 2 aromatic rings. The molecule has 1 aromatic heterocycles. The molecule has 0 aliphatic carbocycles. The molecule has 11 heteroatoms. The number of ketones is 1. The second-order valence-electron chi connectivity index (χ2n) is 4.68. The van der Waals surface area contributed by atoms with Gasteiger partial charge in [0, 0.05) is 7.05 Å². The number of rotatable bonds is 4. The Morgan fingerprint density at radius 1 is 1.30 bits per heavy atom. The van der Waals surface area contributed by atoms with E-state index in [1.807, 2.05) is 4.72 Å². The van der Waals surface area contributed by atoms with Gasteiger partial charge in [0.05, 0.1) is 17.4 Å². The molecule has 23 heavy (non-hydrogen) atoms. The summed E-state index contributed by atoms with van der Waals surface area (Å²) in [4.78, 5) is 11.5. The summed E-state index contributed by atoms with van der Waals surface area (Å²) in [6.07, 6.45) is -4.19. The first-order valence-electron chi connectivity index (χ1n) is 6.12. The number of Topliss-reactive ketones (excluding diaryl/α,β-unsaturated/α-hetero) is 1. The van der Waals surface area contributed by atoms with Gasteiger partial charge in [0.1, 0.15) is 0 Å². The fraction of sp³-hybridized carbons (Fsp3) is 0.250. The predicted octanol–water partition coefficient (Wildman–Crippen LogP) is 1.67. The molecule has 0 unspecified atom stereocenters. The van der Waals surface area contributed by atoms with E-state index >= 15 is 0 Å². The number of carbonyl (C=O) groups is 1. The van der Waals surface area contributed by atoms with Crippen LogP contribution in [0.15, 0.2) is 29.4 Å². The number of carbonyl (C=O) groups excluding carboxylic acids is 1. The summed E-state index contributed by atoms with van der Waals surface area (Å²) in [7, 11) is -2.94. The molecule has 1 aromatic carbocycles. The molecule has 0 saturated carbocycles. The Kier molecular flexibility index (Phi) is 4.16. The highest BCUT2D eigenvalue weighted by Gasteiger charge is 2.41. The maximum Gasteiger partial charge on any atom is 0.454 e. The second-order valence-corrected chi connectivity index (χ2v) is 6.31. The highest BCUT2D eigenvalue weighted by molar-refractivity contribution is 7.92. The van der Waals surface area contributed by atoms with Crippen molar-refractivity contribution in [3.8, 4) is 0 Å². The summed E-state index contributed by atoms with van der Waals surface area (Å²) >= 11 is 0. The van der Waals surface area contributed by atoms with Crippen molar-refractivity contribution in [3.05, 3.63) is 35.5 Å². The molecule has 124 valence electrons. The van der Waals surface area contributed by atoms with Crippen LogP contribution in [0.2, 0.25) is 0 Å². The third-order valence-corrected chi connectivity index (χ3v) is 4.28. The van der Waals surface area contributed by atoms with Gasteiger partial charge < -0.3 is 0 Å². The zero-order chi connectivity index (χ0) is 17.4. The molecule has 2 rings (SSSR count). The van der Waals surface area contributed by atoms with E-state index in [0.717, 1.165) is 23.0 Å². The van der Waals surface area contributed by atoms with Crippen LogP contribution in [0.5, 0.6) is 0 Å². The summed E-state index contributed by atoms with van der Waals surface area (Å²) in [5.41, 5.74) is -0.877. The van der Waals surface area contributed by atoms with Crippen molar-refractivity contribution in [2.75, 3.05) is 4.72 Å². The molecule has 0 aliphatic heterocycles. The zero-order valence-corrected chi connectivity index (χ0v) is 12.7. The summed E-state index contributed by atoms with van der Waals surface area (Å²) in [6, 6.07) is 3.44. The number of hydrogen-bond donors (Lipinski definition) is 1. The van der Waals surface area contributed by atoms with Gasteiger partial charge in [0.2, 0.25) is 0 Å². The minimum atomic E-state index is -5.12. The van der Waals surface area contributed by atoms with E-state index in [0.29, 0.717) is 5.56 Å². The fourth-order valence-electron chi connectivity index (χ4n) is 1.81. The van der Waals surface area contributed by atoms with Gasteiger partial charge in [-0.1, -0.05) is 16.8 Å². The van der Waals surface area contributed by atoms with E-state index in [1.54, 1.807) is 0 Å². The normalized spacial score (nSPS) is 12.2. The van der Waals surface area contributed by atoms with Crippen LogP contribution in [-0.2, 0) is 17.1 Å². The smallest absolute Gasteiger partial charge is 0.284 e. The van der Waals surface area contributed by atoms with Crippen LogP contribution in [0.1, 0.15) is 15.9 Å². The van der Waals surface area contributed by atoms with Crippen LogP contribution < -0.4 is 4.72 Å². The number of aryl methyl sites for hydroxylation is 2. The molecule has 0 saturated heterocycles. The van der Waals surface area contributed by atoms with E-state index in [9.17, 15) is 26.4 Å². The molecular weight excluding hydrogens is 337 g/mol. The van der Waals surface area contributed by atoms with Crippen LogP contribution in [0.3, 0.4) is 0 Å². The van der Waals surface area contributed by atoms with Gasteiger partial charge in [-0.15, -0.1) is 5.10 Å². The Labute approximate surface area is 129 Å². The third kappa shape index (κ3) is 3.50. The molecular formula is C12H11F3N4O3S. The molecule has 0 aliphatic rings. The first-order valence-corrected chi connectivity index (χ1v) is 7.60. The highest BCUT2D eigenvalue weighted by Crippen LogP contribution is 2.28. The lowest BCUT2D eigenvalue weighted by molar-refractivity contribution is -0.0884. The first-order chi connectivity index (χ1) is 10.5. The maximum absolute atomic E-state index is 12.7. The average molecular weight is 348 g/mol. The van der Waals surface area contributed by atoms with Crippen molar-refractivity contribution in [1.29, 1.82) is 0 Å². The Morgan fingerprint density at radius 2 is 1.96 bits per heavy atom. The molecule has 1 heterocycles. The van der Waals surface area contributed by atoms with E-state index in [1.165, 1.54) is 20.0 Å². The van der Waals surface area contributed by atoms with Crippen LogP contribution in [0, 0.1) is 6.92 Å². The molecule has 1 N–H and O–H groups in total. The molecule has 0 atom stereocenters. The number of sulfonamides is 1. The van der Waals surface area contributed by atoms with Crippen LogP contribution in [0.25, 0.3) is 0 Å². The van der Waals surface area contributed by atoms with Gasteiger partial charge in [-0.2, -0.15) is 21.6 Å². The summed E-state index contributed by atoms with van der Waals surface area (Å²) < 4.78 is 65.3. The highest BCUT2D eigenvalue weighted by atomic mass is 32.2. The monoisotopic (exact) mass is 348 g/mol. The Bertz CT molecular complexity index is 859. The van der Waals surface area contributed by atoms with E-state index in [-0.39, 0.29) is 5.03 Å². The summed E-state index contributed by atoms with van der Waals surface area (Å²) in [5.74, 6) is -2.14. The molecule has 0 bridgehead atoms. The first kappa shape index (κ1) is 16.9. The van der Waals surface area contributed by atoms with Crippen LogP contribution >= 0.6 is 0 Å². The van der Waals surface area contributed by atoms with Gasteiger partial charge in [0.25, 0.3) is 15.8 Å². The number of alkyl halides is 3. The standard InChI is InChI=1S/C12H11F3N4O3S/c1-7-3-4-9(8(5-7)11(20)12(13,14)15)17-23(21,22)10-6-16-18-19(10)2/h3-6,17H,1-2H3. The minimum absolute atomic E-state index is 0.358. The number of anilines is 1. The lowest BCUT2D eigenvalue weighted by Crippen LogP contribution is -2.25. The maximum atomic E-state index is 12.7. The van der Waals surface area contributed by atoms with E-state index < -0.39 is 33.2 Å². The van der Waals surface area contributed by atoms with E-state index in [4.69, 9.17) is 0 Å². The van der Waals surface area contributed by atoms with E-state index in [2.05, 4.69) is 10.3 Å². The summed E-state index contributed by atoms with van der Waals surface area (Å²) in [5, 5.41) is 6.47. The molecule has 0 spiro atoms. The molecule has 0 radical (unpaired) electrons. The van der Waals surface area contributed by atoms with Crippen molar-refractivity contribution in [2.45, 2.75) is 18.1 Å². The van der Waals surface area contributed by atoms with Gasteiger partial charge in [-0.05, 0) is 19.1 Å². The van der Waals surface area contributed by atoms with Crippen molar-refractivity contribution in [3.63, 3.8) is 0 Å². The number of halogens is 3. The van der Waals surface area contributed by atoms with Crippen molar-refractivity contribution < 1.29 is 26.4 Å². The number of aromatic nitrogens is 3. The Hall–Kier alpha value is -2.43. The predicted molar refractivity (Wildman–Crippen MR) is 73.4 cm³/mol. The fourth-order valence-corrected chi connectivity index (χ4v) is 2.95. The molecule has 7 nitrogen and oxygen atoms in total. The number of benzene rings is 1. The number of hydrogen-bond acceptors (Lipinski definition) is 5. The lowest BCUT2D eigenvalue weighted by Gasteiger charge is -2.13. The van der Waals surface area contributed by atoms with Gasteiger partial charge in [0.15, 0.2) is 5.03 Å².